The van der Waals surface area contributed by atoms with E-state index in [9.17, 15) is 0 Å². The van der Waals surface area contributed by atoms with Crippen LogP contribution in [0.3, 0.4) is 0 Å². The SMILES string of the molecule is CCC1(CNC2CCN3CCCC3C2)CC1. The van der Waals surface area contributed by atoms with Crippen molar-refractivity contribution in [2.75, 3.05) is 19.6 Å². The molecule has 1 N–H and O–H groups in total. The van der Waals surface area contributed by atoms with Crippen molar-refractivity contribution in [1.82, 2.24) is 10.2 Å². The molecule has 1 saturated carbocycles. The molecule has 2 aliphatic heterocycles. The predicted octanol–water partition coefficient (Wildman–Crippen LogP) is 2.39. The highest BCUT2D eigenvalue weighted by atomic mass is 15.2. The first-order valence-electron chi connectivity index (χ1n) is 7.29. The standard InChI is InChI=1S/C14H26N2/c1-2-14(6-7-14)11-15-12-5-9-16-8-3-4-13(16)10-12/h12-13,15H,2-11H2,1H3. The minimum Gasteiger partial charge on any atom is -0.313 e. The van der Waals surface area contributed by atoms with Gasteiger partial charge in [0.05, 0.1) is 0 Å². The van der Waals surface area contributed by atoms with E-state index in [1.54, 1.807) is 0 Å². The fraction of sp³-hybridized carbons (Fsp3) is 1.00. The fourth-order valence-electron chi connectivity index (χ4n) is 3.60. The third kappa shape index (κ3) is 2.14. The molecule has 3 fully saturated rings. The summed E-state index contributed by atoms with van der Waals surface area (Å²) < 4.78 is 0. The third-order valence-electron chi connectivity index (χ3n) is 5.29. The highest BCUT2D eigenvalue weighted by Crippen LogP contribution is 2.48. The number of nitrogens with zero attached hydrogens (tertiary/aromatic N) is 1. The molecule has 3 aliphatic rings. The smallest absolute Gasteiger partial charge is 0.0111 e. The van der Waals surface area contributed by atoms with Gasteiger partial charge >= 0.3 is 0 Å². The molecule has 2 heterocycles. The van der Waals surface area contributed by atoms with Crippen molar-refractivity contribution >= 4 is 0 Å². The summed E-state index contributed by atoms with van der Waals surface area (Å²) in [4.78, 5) is 2.71. The molecule has 92 valence electrons. The molecule has 0 aromatic heterocycles. The van der Waals surface area contributed by atoms with E-state index in [2.05, 4.69) is 17.1 Å². The Hall–Kier alpha value is -0.0800. The Kier molecular flexibility index (Phi) is 2.97. The summed E-state index contributed by atoms with van der Waals surface area (Å²) >= 11 is 0. The molecule has 2 heteroatoms. The molecule has 0 aromatic rings. The largest absolute Gasteiger partial charge is 0.313 e. The summed E-state index contributed by atoms with van der Waals surface area (Å²) in [5.74, 6) is 0. The van der Waals surface area contributed by atoms with Crippen molar-refractivity contribution in [3.8, 4) is 0 Å². The molecule has 16 heavy (non-hydrogen) atoms. The lowest BCUT2D eigenvalue weighted by Gasteiger charge is -2.36. The number of piperidine rings is 1. The van der Waals surface area contributed by atoms with Crippen molar-refractivity contribution in [2.45, 2.75) is 64.0 Å². The lowest BCUT2D eigenvalue weighted by molar-refractivity contribution is 0.163. The topological polar surface area (TPSA) is 15.3 Å². The molecule has 2 saturated heterocycles. The first-order chi connectivity index (χ1) is 7.81. The second kappa shape index (κ2) is 4.30. The van der Waals surface area contributed by atoms with Crippen molar-refractivity contribution < 1.29 is 0 Å². The third-order valence-corrected chi connectivity index (χ3v) is 5.29. The van der Waals surface area contributed by atoms with Gasteiger partial charge in [0.25, 0.3) is 0 Å². The Morgan fingerprint density at radius 1 is 1.25 bits per heavy atom. The van der Waals surface area contributed by atoms with Gasteiger partial charge in [-0.25, -0.2) is 0 Å². The highest BCUT2D eigenvalue weighted by molar-refractivity contribution is 4.96. The minimum atomic E-state index is 0.715. The van der Waals surface area contributed by atoms with Crippen LogP contribution >= 0.6 is 0 Å². The summed E-state index contributed by atoms with van der Waals surface area (Å²) in [5, 5.41) is 3.86. The zero-order chi connectivity index (χ0) is 11.0. The zero-order valence-corrected chi connectivity index (χ0v) is 10.7. The monoisotopic (exact) mass is 222 g/mol. The van der Waals surface area contributed by atoms with E-state index < -0.39 is 0 Å². The van der Waals surface area contributed by atoms with Gasteiger partial charge in [0.15, 0.2) is 0 Å². The second-order valence-corrected chi connectivity index (χ2v) is 6.29. The van der Waals surface area contributed by atoms with E-state index >= 15 is 0 Å². The molecular weight excluding hydrogens is 196 g/mol. The molecule has 2 atom stereocenters. The molecule has 0 aromatic carbocycles. The molecule has 2 nitrogen and oxygen atoms in total. The Morgan fingerprint density at radius 3 is 2.88 bits per heavy atom. The maximum atomic E-state index is 3.86. The molecule has 0 radical (unpaired) electrons. The van der Waals surface area contributed by atoms with Crippen LogP contribution in [0.5, 0.6) is 0 Å². The van der Waals surface area contributed by atoms with Gasteiger partial charge in [0.2, 0.25) is 0 Å². The van der Waals surface area contributed by atoms with Crippen LogP contribution in [0.15, 0.2) is 0 Å². The van der Waals surface area contributed by atoms with Gasteiger partial charge in [0.1, 0.15) is 0 Å². The van der Waals surface area contributed by atoms with Crippen LogP contribution in [0.2, 0.25) is 0 Å². The minimum absolute atomic E-state index is 0.715. The van der Waals surface area contributed by atoms with E-state index in [0.29, 0.717) is 5.41 Å². The van der Waals surface area contributed by atoms with Crippen molar-refractivity contribution in [1.29, 1.82) is 0 Å². The van der Waals surface area contributed by atoms with Gasteiger partial charge < -0.3 is 10.2 Å². The molecule has 3 rings (SSSR count). The number of fused-ring (bicyclic) bond motifs is 1. The lowest BCUT2D eigenvalue weighted by atomic mass is 9.96. The van der Waals surface area contributed by atoms with Crippen LogP contribution in [0.25, 0.3) is 0 Å². The van der Waals surface area contributed by atoms with Crippen molar-refractivity contribution in [3.05, 3.63) is 0 Å². The number of hydrogen-bond donors (Lipinski definition) is 1. The number of rotatable bonds is 4. The normalized spacial score (nSPS) is 37.3. The van der Waals surface area contributed by atoms with Crippen LogP contribution in [0, 0.1) is 5.41 Å². The molecule has 1 aliphatic carbocycles. The van der Waals surface area contributed by atoms with E-state index in [1.165, 1.54) is 64.6 Å². The lowest BCUT2D eigenvalue weighted by Crippen LogP contribution is -2.46. The molecule has 0 bridgehead atoms. The van der Waals surface area contributed by atoms with Crippen LogP contribution < -0.4 is 5.32 Å². The van der Waals surface area contributed by atoms with Gasteiger partial charge in [-0.1, -0.05) is 6.92 Å². The van der Waals surface area contributed by atoms with E-state index in [1.807, 2.05) is 0 Å². The highest BCUT2D eigenvalue weighted by Gasteiger charge is 2.41. The summed E-state index contributed by atoms with van der Waals surface area (Å²) in [7, 11) is 0. The van der Waals surface area contributed by atoms with Gasteiger partial charge in [-0.2, -0.15) is 0 Å². The van der Waals surface area contributed by atoms with Gasteiger partial charge in [0, 0.05) is 18.6 Å². The maximum absolute atomic E-state index is 3.86. The van der Waals surface area contributed by atoms with Gasteiger partial charge in [-0.15, -0.1) is 0 Å². The average molecular weight is 222 g/mol. The first kappa shape index (κ1) is 11.0. The van der Waals surface area contributed by atoms with E-state index in [-0.39, 0.29) is 0 Å². The Bertz CT molecular complexity index is 247. The molecule has 0 amide bonds. The van der Waals surface area contributed by atoms with Crippen LogP contribution in [0.4, 0.5) is 0 Å². The zero-order valence-electron chi connectivity index (χ0n) is 10.7. The number of hydrogen-bond acceptors (Lipinski definition) is 2. The van der Waals surface area contributed by atoms with Crippen molar-refractivity contribution in [3.63, 3.8) is 0 Å². The fourth-order valence-corrected chi connectivity index (χ4v) is 3.60. The molecule has 2 unspecified atom stereocenters. The maximum Gasteiger partial charge on any atom is 0.0111 e. The van der Waals surface area contributed by atoms with Crippen LogP contribution in [-0.2, 0) is 0 Å². The van der Waals surface area contributed by atoms with E-state index in [0.717, 1.165) is 12.1 Å². The van der Waals surface area contributed by atoms with Crippen LogP contribution in [-0.4, -0.2) is 36.6 Å². The average Bonchev–Trinajstić information content (AvgIpc) is 2.96. The quantitative estimate of drug-likeness (QED) is 0.786. The van der Waals surface area contributed by atoms with Crippen molar-refractivity contribution in [2.24, 2.45) is 5.41 Å². The second-order valence-electron chi connectivity index (χ2n) is 6.29. The van der Waals surface area contributed by atoms with Gasteiger partial charge in [-0.05, 0) is 63.5 Å². The summed E-state index contributed by atoms with van der Waals surface area (Å²) in [5.41, 5.74) is 0.715. The van der Waals surface area contributed by atoms with E-state index in [4.69, 9.17) is 0 Å². The number of nitrogens with one attached hydrogen (secondary N) is 1. The Labute approximate surface area is 99.8 Å². The predicted molar refractivity (Wildman–Crippen MR) is 67.6 cm³/mol. The Balaban J connectivity index is 1.46. The first-order valence-corrected chi connectivity index (χ1v) is 7.29. The summed E-state index contributed by atoms with van der Waals surface area (Å²) in [6.07, 6.45) is 10.0. The Morgan fingerprint density at radius 2 is 2.12 bits per heavy atom. The summed E-state index contributed by atoms with van der Waals surface area (Å²) in [6.45, 7) is 6.37. The summed E-state index contributed by atoms with van der Waals surface area (Å²) in [6, 6.07) is 1.74. The van der Waals surface area contributed by atoms with Gasteiger partial charge in [-0.3, -0.25) is 0 Å². The molecule has 0 spiro atoms. The molecular formula is C14H26N2. The van der Waals surface area contributed by atoms with Crippen LogP contribution in [0.1, 0.15) is 51.9 Å².